The van der Waals surface area contributed by atoms with Gasteiger partial charge in [0, 0.05) is 18.4 Å². The average molecular weight is 284 g/mol. The van der Waals surface area contributed by atoms with Gasteiger partial charge in [0.25, 0.3) is 0 Å². The first-order valence-electron chi connectivity index (χ1n) is 7.69. The number of carboxylic acids is 1. The van der Waals surface area contributed by atoms with Crippen LogP contribution in [0.15, 0.2) is 0 Å². The molecule has 1 aliphatic rings. The molecule has 5 nitrogen and oxygen atoms in total. The summed E-state index contributed by atoms with van der Waals surface area (Å²) in [6, 6.07) is 0. The van der Waals surface area contributed by atoms with E-state index in [0.717, 1.165) is 38.8 Å². The minimum atomic E-state index is -0.741. The van der Waals surface area contributed by atoms with Crippen LogP contribution in [0.1, 0.15) is 52.4 Å². The molecular formula is C15H28N2O3. The highest BCUT2D eigenvalue weighted by Gasteiger charge is 2.34. The van der Waals surface area contributed by atoms with E-state index in [9.17, 15) is 9.59 Å². The molecule has 1 fully saturated rings. The summed E-state index contributed by atoms with van der Waals surface area (Å²) in [5.41, 5.74) is -0.242. The van der Waals surface area contributed by atoms with E-state index in [1.54, 1.807) is 0 Å². The van der Waals surface area contributed by atoms with Gasteiger partial charge in [0.2, 0.25) is 5.91 Å². The van der Waals surface area contributed by atoms with Crippen molar-refractivity contribution in [3.8, 4) is 0 Å². The third-order valence-electron chi connectivity index (χ3n) is 4.44. The highest BCUT2D eigenvalue weighted by molar-refractivity contribution is 5.82. The minimum absolute atomic E-state index is 0.145. The van der Waals surface area contributed by atoms with Crippen LogP contribution in [0.4, 0.5) is 0 Å². The fraction of sp³-hybridized carbons (Fsp3) is 0.867. The second-order valence-corrected chi connectivity index (χ2v) is 6.06. The molecule has 20 heavy (non-hydrogen) atoms. The number of hydrogen-bond donors (Lipinski definition) is 3. The lowest BCUT2D eigenvalue weighted by Gasteiger charge is -2.32. The number of carbonyl (C=O) groups excluding carboxylic acids is 1. The predicted octanol–water partition coefficient (Wildman–Crippen LogP) is 1.77. The summed E-state index contributed by atoms with van der Waals surface area (Å²) in [7, 11) is 0. The summed E-state index contributed by atoms with van der Waals surface area (Å²) in [5.74, 6) is -0.214. The molecule has 0 spiro atoms. The van der Waals surface area contributed by atoms with Gasteiger partial charge in [-0.3, -0.25) is 9.59 Å². The minimum Gasteiger partial charge on any atom is -0.481 e. The number of hydrogen-bond acceptors (Lipinski definition) is 3. The first-order valence-corrected chi connectivity index (χ1v) is 7.69. The molecular weight excluding hydrogens is 256 g/mol. The molecule has 0 bridgehead atoms. The molecule has 1 heterocycles. The molecule has 5 heteroatoms. The maximum Gasteiger partial charge on any atom is 0.303 e. The largest absolute Gasteiger partial charge is 0.481 e. The van der Waals surface area contributed by atoms with Gasteiger partial charge in [-0.1, -0.05) is 20.3 Å². The normalized spacial score (nSPS) is 19.3. The van der Waals surface area contributed by atoms with Crippen molar-refractivity contribution in [3.63, 3.8) is 0 Å². The van der Waals surface area contributed by atoms with Gasteiger partial charge in [-0.25, -0.2) is 0 Å². The van der Waals surface area contributed by atoms with Crippen molar-refractivity contribution in [3.05, 3.63) is 0 Å². The predicted molar refractivity (Wildman–Crippen MR) is 78.5 cm³/mol. The van der Waals surface area contributed by atoms with Crippen molar-refractivity contribution >= 4 is 11.9 Å². The van der Waals surface area contributed by atoms with Gasteiger partial charge in [0.15, 0.2) is 0 Å². The lowest BCUT2D eigenvalue weighted by molar-refractivity contribution is -0.137. The fourth-order valence-corrected chi connectivity index (χ4v) is 2.69. The Morgan fingerprint density at radius 1 is 1.30 bits per heavy atom. The number of nitrogens with one attached hydrogen (secondary N) is 2. The Hall–Kier alpha value is -1.10. The van der Waals surface area contributed by atoms with Crippen molar-refractivity contribution in [2.45, 2.75) is 52.4 Å². The first kappa shape index (κ1) is 17.0. The van der Waals surface area contributed by atoms with Crippen molar-refractivity contribution in [1.82, 2.24) is 10.6 Å². The van der Waals surface area contributed by atoms with E-state index in [0.29, 0.717) is 18.9 Å². The van der Waals surface area contributed by atoms with Crippen molar-refractivity contribution in [2.24, 2.45) is 11.3 Å². The van der Waals surface area contributed by atoms with E-state index in [1.165, 1.54) is 0 Å². The third-order valence-corrected chi connectivity index (χ3v) is 4.44. The van der Waals surface area contributed by atoms with Crippen LogP contribution >= 0.6 is 0 Å². The summed E-state index contributed by atoms with van der Waals surface area (Å²) in [6.07, 6.45) is 4.51. The van der Waals surface area contributed by atoms with Gasteiger partial charge in [-0.2, -0.15) is 0 Å². The van der Waals surface area contributed by atoms with E-state index in [-0.39, 0.29) is 17.7 Å². The highest BCUT2D eigenvalue weighted by atomic mass is 16.4. The van der Waals surface area contributed by atoms with Crippen LogP contribution in [-0.2, 0) is 9.59 Å². The fourth-order valence-electron chi connectivity index (χ4n) is 2.69. The van der Waals surface area contributed by atoms with Gasteiger partial charge in [-0.05, 0) is 44.7 Å². The smallest absolute Gasteiger partial charge is 0.303 e. The molecule has 3 N–H and O–H groups in total. The maximum absolute atomic E-state index is 12.2. The maximum atomic E-state index is 12.2. The van der Waals surface area contributed by atoms with E-state index < -0.39 is 5.97 Å². The Labute approximate surface area is 121 Å². The monoisotopic (exact) mass is 284 g/mol. The van der Waals surface area contributed by atoms with Crippen LogP contribution in [0.3, 0.4) is 0 Å². The van der Waals surface area contributed by atoms with Crippen LogP contribution in [0.5, 0.6) is 0 Å². The molecule has 0 aliphatic carbocycles. The zero-order valence-electron chi connectivity index (χ0n) is 12.7. The molecule has 1 unspecified atom stereocenters. The molecule has 0 saturated carbocycles. The van der Waals surface area contributed by atoms with Gasteiger partial charge in [-0.15, -0.1) is 0 Å². The number of amides is 1. The van der Waals surface area contributed by atoms with Crippen molar-refractivity contribution in [1.29, 1.82) is 0 Å². The molecule has 0 aromatic carbocycles. The average Bonchev–Trinajstić information content (AvgIpc) is 2.43. The highest BCUT2D eigenvalue weighted by Crippen LogP contribution is 2.28. The summed E-state index contributed by atoms with van der Waals surface area (Å²) in [4.78, 5) is 22.8. The Bertz CT molecular complexity index is 325. The molecule has 1 aliphatic heterocycles. The number of aliphatic carboxylic acids is 1. The van der Waals surface area contributed by atoms with Crippen LogP contribution in [0.2, 0.25) is 0 Å². The third kappa shape index (κ3) is 5.49. The lowest BCUT2D eigenvalue weighted by atomic mass is 9.80. The first-order chi connectivity index (χ1) is 9.48. The van der Waals surface area contributed by atoms with Gasteiger partial charge < -0.3 is 15.7 Å². The molecule has 116 valence electrons. The van der Waals surface area contributed by atoms with Crippen LogP contribution in [0.25, 0.3) is 0 Å². The molecule has 0 radical (unpaired) electrons. The number of piperidine rings is 1. The molecule has 1 amide bonds. The van der Waals surface area contributed by atoms with Crippen LogP contribution in [0, 0.1) is 11.3 Å². The zero-order chi connectivity index (χ0) is 15.0. The SMILES string of the molecule is CCC(CCNC(=O)C1(C)CCNCC1)CCC(=O)O. The molecule has 1 atom stereocenters. The molecule has 1 rings (SSSR count). The van der Waals surface area contributed by atoms with Gasteiger partial charge in [0.1, 0.15) is 0 Å². The van der Waals surface area contributed by atoms with E-state index in [4.69, 9.17) is 5.11 Å². The zero-order valence-corrected chi connectivity index (χ0v) is 12.7. The summed E-state index contributed by atoms with van der Waals surface area (Å²) < 4.78 is 0. The van der Waals surface area contributed by atoms with Crippen molar-refractivity contribution in [2.75, 3.05) is 19.6 Å². The van der Waals surface area contributed by atoms with E-state index in [1.807, 2.05) is 6.92 Å². The lowest BCUT2D eigenvalue weighted by Crippen LogP contribution is -2.46. The van der Waals surface area contributed by atoms with E-state index >= 15 is 0 Å². The standard InChI is InChI=1S/C15H28N2O3/c1-3-12(4-5-13(18)19)6-9-17-14(20)15(2)7-10-16-11-8-15/h12,16H,3-11H2,1-2H3,(H,17,20)(H,18,19). The topological polar surface area (TPSA) is 78.4 Å². The number of rotatable bonds is 8. The number of carbonyl (C=O) groups is 2. The number of carboxylic acid groups (broad SMARTS) is 1. The molecule has 0 aromatic heterocycles. The van der Waals surface area contributed by atoms with Gasteiger partial charge >= 0.3 is 5.97 Å². The van der Waals surface area contributed by atoms with Crippen LogP contribution < -0.4 is 10.6 Å². The van der Waals surface area contributed by atoms with Crippen molar-refractivity contribution < 1.29 is 14.7 Å². The molecule has 0 aromatic rings. The summed E-state index contributed by atoms with van der Waals surface area (Å²) in [5, 5.41) is 15.0. The molecule has 1 saturated heterocycles. The summed E-state index contributed by atoms with van der Waals surface area (Å²) >= 11 is 0. The Morgan fingerprint density at radius 3 is 2.50 bits per heavy atom. The van der Waals surface area contributed by atoms with Crippen LogP contribution in [-0.4, -0.2) is 36.6 Å². The summed E-state index contributed by atoms with van der Waals surface area (Å²) in [6.45, 7) is 6.56. The Kier molecular flexibility index (Phi) is 6.99. The second kappa shape index (κ2) is 8.25. The quantitative estimate of drug-likeness (QED) is 0.635. The second-order valence-electron chi connectivity index (χ2n) is 6.06. The Morgan fingerprint density at radius 2 is 1.95 bits per heavy atom. The Balaban J connectivity index is 2.27. The van der Waals surface area contributed by atoms with Gasteiger partial charge in [0.05, 0.1) is 0 Å². The van der Waals surface area contributed by atoms with E-state index in [2.05, 4.69) is 17.6 Å².